The van der Waals surface area contributed by atoms with Crippen molar-refractivity contribution in [3.8, 4) is 0 Å². The second-order valence-corrected chi connectivity index (χ2v) is 7.58. The Labute approximate surface area is 112 Å². The van der Waals surface area contributed by atoms with Crippen molar-refractivity contribution in [2.75, 3.05) is 0 Å². The van der Waals surface area contributed by atoms with Gasteiger partial charge in [0.1, 0.15) is 0 Å². The van der Waals surface area contributed by atoms with Crippen molar-refractivity contribution in [1.82, 2.24) is 0 Å². The lowest BCUT2D eigenvalue weighted by Gasteiger charge is -2.57. The predicted octanol–water partition coefficient (Wildman–Crippen LogP) is 4.31. The molecule has 1 unspecified atom stereocenters. The summed E-state index contributed by atoms with van der Waals surface area (Å²) in [5.74, 6) is 2.99. The van der Waals surface area contributed by atoms with E-state index in [4.69, 9.17) is 0 Å². The van der Waals surface area contributed by atoms with Gasteiger partial charge in [0.25, 0.3) is 0 Å². The fourth-order valence-corrected chi connectivity index (χ4v) is 5.59. The van der Waals surface area contributed by atoms with Gasteiger partial charge in [-0.1, -0.05) is 19.1 Å². The highest BCUT2D eigenvalue weighted by Gasteiger charge is 2.51. The summed E-state index contributed by atoms with van der Waals surface area (Å²) in [6.45, 7) is 6.19. The molecule has 0 heterocycles. The van der Waals surface area contributed by atoms with Gasteiger partial charge in [-0.3, -0.25) is 0 Å². The average molecular weight is 248 g/mol. The number of rotatable bonds is 5. The van der Waals surface area contributed by atoms with E-state index < -0.39 is 0 Å². The maximum absolute atomic E-state index is 10.3. The normalized spacial score (nSPS) is 43.1. The van der Waals surface area contributed by atoms with Crippen LogP contribution < -0.4 is 0 Å². The van der Waals surface area contributed by atoms with Gasteiger partial charge in [-0.2, -0.15) is 0 Å². The lowest BCUT2D eigenvalue weighted by Crippen LogP contribution is -2.47. The number of hydrogen-bond donors (Lipinski definition) is 1. The first-order valence-electron chi connectivity index (χ1n) is 7.93. The fourth-order valence-electron chi connectivity index (χ4n) is 5.59. The summed E-state index contributed by atoms with van der Waals surface area (Å²) in [6, 6.07) is 0. The molecule has 1 nitrogen and oxygen atoms in total. The van der Waals surface area contributed by atoms with Gasteiger partial charge >= 0.3 is 0 Å². The van der Waals surface area contributed by atoms with Crippen molar-refractivity contribution in [3.63, 3.8) is 0 Å². The Bertz CT molecular complexity index is 295. The van der Waals surface area contributed by atoms with Gasteiger partial charge in [-0.25, -0.2) is 0 Å². The molecule has 0 aromatic heterocycles. The van der Waals surface area contributed by atoms with Crippen LogP contribution in [-0.2, 0) is 0 Å². The largest absolute Gasteiger partial charge is 0.393 e. The molecule has 4 bridgehead atoms. The van der Waals surface area contributed by atoms with Crippen LogP contribution in [0.4, 0.5) is 0 Å². The Balaban J connectivity index is 1.63. The Morgan fingerprint density at radius 3 is 2.11 bits per heavy atom. The molecule has 1 N–H and O–H groups in total. The minimum absolute atomic E-state index is 0.131. The summed E-state index contributed by atoms with van der Waals surface area (Å²) in [5, 5.41) is 10.3. The van der Waals surface area contributed by atoms with Gasteiger partial charge in [-0.15, -0.1) is 0 Å². The number of aliphatic hydroxyl groups excluding tert-OH is 1. The summed E-state index contributed by atoms with van der Waals surface area (Å²) in [7, 11) is 0. The summed E-state index contributed by atoms with van der Waals surface area (Å²) in [6.07, 6.45) is 11.5. The van der Waals surface area contributed by atoms with Crippen molar-refractivity contribution in [3.05, 3.63) is 12.2 Å². The maximum Gasteiger partial charge on any atom is 0.0582 e. The molecule has 0 aromatic rings. The van der Waals surface area contributed by atoms with Crippen LogP contribution in [0.15, 0.2) is 12.2 Å². The van der Waals surface area contributed by atoms with Crippen LogP contribution in [0.2, 0.25) is 0 Å². The molecule has 4 rings (SSSR count). The minimum Gasteiger partial charge on any atom is -0.393 e. The Morgan fingerprint density at radius 2 is 1.67 bits per heavy atom. The van der Waals surface area contributed by atoms with Gasteiger partial charge < -0.3 is 5.11 Å². The fraction of sp³-hybridized carbons (Fsp3) is 0.882. The highest BCUT2D eigenvalue weighted by Crippen LogP contribution is 2.61. The zero-order valence-electron chi connectivity index (χ0n) is 11.8. The standard InChI is InChI=1S/C17H28O/c1-3-12(2)4-16(18)11-17-8-13-5-14(9-17)7-15(6-13)10-17/h13-16,18H,2-11H2,1H3. The molecule has 0 radical (unpaired) electrons. The summed E-state index contributed by atoms with van der Waals surface area (Å²) in [4.78, 5) is 0. The smallest absolute Gasteiger partial charge is 0.0582 e. The summed E-state index contributed by atoms with van der Waals surface area (Å²) in [5.41, 5.74) is 1.73. The van der Waals surface area contributed by atoms with Crippen LogP contribution in [0.1, 0.15) is 64.7 Å². The molecule has 4 aliphatic carbocycles. The third-order valence-electron chi connectivity index (χ3n) is 5.86. The Hall–Kier alpha value is -0.300. The minimum atomic E-state index is -0.131. The van der Waals surface area contributed by atoms with Gasteiger partial charge in [-0.05, 0) is 81.0 Å². The van der Waals surface area contributed by atoms with Gasteiger partial charge in [0.05, 0.1) is 6.10 Å². The van der Waals surface area contributed by atoms with Crippen LogP contribution in [0.3, 0.4) is 0 Å². The van der Waals surface area contributed by atoms with Crippen molar-refractivity contribution in [1.29, 1.82) is 0 Å². The first-order chi connectivity index (χ1) is 8.58. The third kappa shape index (κ3) is 2.39. The highest BCUT2D eigenvalue weighted by atomic mass is 16.3. The first-order valence-corrected chi connectivity index (χ1v) is 7.93. The lowest BCUT2D eigenvalue weighted by atomic mass is 9.48. The monoisotopic (exact) mass is 248 g/mol. The van der Waals surface area contributed by atoms with Crippen LogP contribution in [0.5, 0.6) is 0 Å². The topological polar surface area (TPSA) is 20.2 Å². The van der Waals surface area contributed by atoms with E-state index in [-0.39, 0.29) is 6.10 Å². The second kappa shape index (κ2) is 4.67. The predicted molar refractivity (Wildman–Crippen MR) is 75.3 cm³/mol. The first kappa shape index (κ1) is 12.7. The molecule has 1 heteroatoms. The van der Waals surface area contributed by atoms with Crippen molar-refractivity contribution < 1.29 is 5.11 Å². The summed E-state index contributed by atoms with van der Waals surface area (Å²) < 4.78 is 0. The van der Waals surface area contributed by atoms with Crippen molar-refractivity contribution >= 4 is 0 Å². The molecule has 18 heavy (non-hydrogen) atoms. The third-order valence-corrected chi connectivity index (χ3v) is 5.86. The Morgan fingerprint density at radius 1 is 1.17 bits per heavy atom. The molecule has 1 atom stereocenters. The molecule has 4 aliphatic rings. The zero-order valence-corrected chi connectivity index (χ0v) is 11.8. The van der Waals surface area contributed by atoms with Crippen molar-refractivity contribution in [2.45, 2.75) is 70.8 Å². The molecule has 0 aromatic carbocycles. The highest BCUT2D eigenvalue weighted by molar-refractivity contribution is 5.03. The van der Waals surface area contributed by atoms with Crippen LogP contribution in [0, 0.1) is 23.2 Å². The van der Waals surface area contributed by atoms with E-state index in [2.05, 4.69) is 13.5 Å². The quantitative estimate of drug-likeness (QED) is 0.719. The van der Waals surface area contributed by atoms with E-state index in [1.165, 1.54) is 44.1 Å². The van der Waals surface area contributed by atoms with E-state index in [0.29, 0.717) is 5.41 Å². The molecule has 0 amide bonds. The molecule has 102 valence electrons. The molecule has 0 aliphatic heterocycles. The SMILES string of the molecule is C=C(CC)CC(O)CC12CC3CC(CC(C3)C1)C2. The molecule has 0 saturated heterocycles. The molecular formula is C17H28O. The van der Waals surface area contributed by atoms with E-state index in [1.807, 2.05) is 0 Å². The van der Waals surface area contributed by atoms with Crippen LogP contribution >= 0.6 is 0 Å². The maximum atomic E-state index is 10.3. The van der Waals surface area contributed by atoms with E-state index in [9.17, 15) is 5.11 Å². The number of hydrogen-bond acceptors (Lipinski definition) is 1. The van der Waals surface area contributed by atoms with Crippen LogP contribution in [-0.4, -0.2) is 11.2 Å². The molecular weight excluding hydrogens is 220 g/mol. The molecule has 4 fully saturated rings. The van der Waals surface area contributed by atoms with Crippen molar-refractivity contribution in [2.24, 2.45) is 23.2 Å². The lowest BCUT2D eigenvalue weighted by molar-refractivity contribution is -0.0756. The average Bonchev–Trinajstić information content (AvgIpc) is 2.25. The van der Waals surface area contributed by atoms with E-state index in [0.717, 1.165) is 37.0 Å². The van der Waals surface area contributed by atoms with Gasteiger partial charge in [0.2, 0.25) is 0 Å². The zero-order chi connectivity index (χ0) is 12.8. The van der Waals surface area contributed by atoms with E-state index >= 15 is 0 Å². The van der Waals surface area contributed by atoms with E-state index in [1.54, 1.807) is 0 Å². The Kier molecular flexibility index (Phi) is 3.30. The molecule has 4 saturated carbocycles. The van der Waals surface area contributed by atoms with Crippen LogP contribution in [0.25, 0.3) is 0 Å². The molecule has 0 spiro atoms. The number of aliphatic hydroxyl groups is 1. The second-order valence-electron chi connectivity index (χ2n) is 7.58. The summed E-state index contributed by atoms with van der Waals surface area (Å²) >= 11 is 0. The van der Waals surface area contributed by atoms with Gasteiger partial charge in [0, 0.05) is 0 Å². The van der Waals surface area contributed by atoms with Gasteiger partial charge in [0.15, 0.2) is 0 Å².